The zero-order chi connectivity index (χ0) is 17.4. The molecule has 0 aliphatic heterocycles. The van der Waals surface area contributed by atoms with E-state index >= 15 is 0 Å². The maximum absolute atomic E-state index is 11.9. The first-order valence-corrected chi connectivity index (χ1v) is 8.06. The van der Waals surface area contributed by atoms with Crippen molar-refractivity contribution in [2.45, 2.75) is 26.2 Å². The highest BCUT2D eigenvalue weighted by Crippen LogP contribution is 2.18. The first-order valence-electron chi connectivity index (χ1n) is 8.06. The molecule has 0 atom stereocenters. The van der Waals surface area contributed by atoms with Crippen LogP contribution in [-0.2, 0) is 4.74 Å². The number of rotatable bonds is 8. The molecule has 0 bridgehead atoms. The number of anilines is 2. The fourth-order valence-electron chi connectivity index (χ4n) is 2.11. The highest BCUT2D eigenvalue weighted by atomic mass is 16.5. The van der Waals surface area contributed by atoms with E-state index in [9.17, 15) is 4.79 Å². The number of ether oxygens (including phenoxy) is 1. The van der Waals surface area contributed by atoms with Crippen LogP contribution in [0.3, 0.4) is 0 Å². The van der Waals surface area contributed by atoms with Crippen LogP contribution in [0.4, 0.5) is 11.6 Å². The molecule has 24 heavy (non-hydrogen) atoms. The third-order valence-corrected chi connectivity index (χ3v) is 3.56. The molecular weight excluding hydrogens is 304 g/mol. The second-order valence-corrected chi connectivity index (χ2v) is 5.80. The van der Waals surface area contributed by atoms with Gasteiger partial charge in [-0.15, -0.1) is 0 Å². The first-order chi connectivity index (χ1) is 11.6. The van der Waals surface area contributed by atoms with Gasteiger partial charge < -0.3 is 15.4 Å². The van der Waals surface area contributed by atoms with Gasteiger partial charge in [0.2, 0.25) is 5.95 Å². The average molecular weight is 328 g/mol. The van der Waals surface area contributed by atoms with Crippen LogP contribution in [0.25, 0.3) is 0 Å². The smallest absolute Gasteiger partial charge is 0.254 e. The van der Waals surface area contributed by atoms with Gasteiger partial charge in [-0.3, -0.25) is 4.79 Å². The minimum atomic E-state index is -0.182. The number of methoxy groups -OCH3 is 1. The minimum Gasteiger partial charge on any atom is -0.385 e. The molecule has 0 saturated heterocycles. The van der Waals surface area contributed by atoms with Crippen molar-refractivity contribution in [3.63, 3.8) is 0 Å². The molecule has 128 valence electrons. The molecule has 1 amide bonds. The Balaban J connectivity index is 1.90. The maximum atomic E-state index is 11.9. The third-order valence-electron chi connectivity index (χ3n) is 3.56. The largest absolute Gasteiger partial charge is 0.385 e. The molecule has 0 spiro atoms. The Kier molecular flexibility index (Phi) is 6.69. The number of carbonyl (C=O) groups excluding carboxylic acids is 1. The predicted octanol–water partition coefficient (Wildman–Crippen LogP) is 3.11. The Hall–Kier alpha value is -2.47. The van der Waals surface area contributed by atoms with E-state index in [4.69, 9.17) is 4.74 Å². The van der Waals surface area contributed by atoms with E-state index in [0.29, 0.717) is 30.6 Å². The summed E-state index contributed by atoms with van der Waals surface area (Å²) in [6.45, 7) is 5.50. The van der Waals surface area contributed by atoms with Crippen molar-refractivity contribution < 1.29 is 9.53 Å². The maximum Gasteiger partial charge on any atom is 0.254 e. The molecule has 0 unspecified atom stereocenters. The number of benzene rings is 1. The fraction of sp³-hybridized carbons (Fsp3) is 0.389. The SMILES string of the molecule is COCCCNC(=O)c1cnc(Nc2ccc(C(C)C)cc2)nc1. The summed E-state index contributed by atoms with van der Waals surface area (Å²) in [4.78, 5) is 20.3. The number of aromatic nitrogens is 2. The molecule has 1 aromatic heterocycles. The van der Waals surface area contributed by atoms with Crippen molar-refractivity contribution in [2.24, 2.45) is 0 Å². The Morgan fingerprint density at radius 2 is 1.83 bits per heavy atom. The van der Waals surface area contributed by atoms with Crippen LogP contribution in [0.1, 0.15) is 42.1 Å². The van der Waals surface area contributed by atoms with E-state index in [1.165, 1.54) is 18.0 Å². The van der Waals surface area contributed by atoms with E-state index < -0.39 is 0 Å². The summed E-state index contributed by atoms with van der Waals surface area (Å²) in [7, 11) is 1.64. The fourth-order valence-corrected chi connectivity index (χ4v) is 2.11. The highest BCUT2D eigenvalue weighted by molar-refractivity contribution is 5.93. The lowest BCUT2D eigenvalue weighted by atomic mass is 10.0. The van der Waals surface area contributed by atoms with E-state index in [2.05, 4.69) is 46.6 Å². The predicted molar refractivity (Wildman–Crippen MR) is 94.7 cm³/mol. The Morgan fingerprint density at radius 1 is 1.17 bits per heavy atom. The van der Waals surface area contributed by atoms with Gasteiger partial charge >= 0.3 is 0 Å². The molecule has 6 heteroatoms. The minimum absolute atomic E-state index is 0.182. The van der Waals surface area contributed by atoms with Gasteiger partial charge in [0, 0.05) is 38.3 Å². The summed E-state index contributed by atoms with van der Waals surface area (Å²) in [6, 6.07) is 8.15. The van der Waals surface area contributed by atoms with Gasteiger partial charge in [0.25, 0.3) is 5.91 Å². The standard InChI is InChI=1S/C18H24N4O2/c1-13(2)14-5-7-16(8-6-14)22-18-20-11-15(12-21-18)17(23)19-9-4-10-24-3/h5-8,11-13H,4,9-10H2,1-3H3,(H,19,23)(H,20,21,22). The van der Waals surface area contributed by atoms with Crippen LogP contribution in [0.2, 0.25) is 0 Å². The number of amides is 1. The molecule has 1 heterocycles. The summed E-state index contributed by atoms with van der Waals surface area (Å²) < 4.78 is 4.94. The molecule has 2 rings (SSSR count). The van der Waals surface area contributed by atoms with E-state index in [-0.39, 0.29) is 5.91 Å². The van der Waals surface area contributed by atoms with Gasteiger partial charge in [-0.1, -0.05) is 26.0 Å². The Morgan fingerprint density at radius 3 is 2.42 bits per heavy atom. The normalized spacial score (nSPS) is 10.7. The number of nitrogens with zero attached hydrogens (tertiary/aromatic N) is 2. The number of hydrogen-bond acceptors (Lipinski definition) is 5. The van der Waals surface area contributed by atoms with Crippen molar-refractivity contribution in [3.8, 4) is 0 Å². The molecule has 1 aromatic carbocycles. The second kappa shape index (κ2) is 8.98. The number of hydrogen-bond donors (Lipinski definition) is 2. The molecule has 0 aliphatic rings. The van der Waals surface area contributed by atoms with Crippen LogP contribution < -0.4 is 10.6 Å². The summed E-state index contributed by atoms with van der Waals surface area (Å²) in [6.07, 6.45) is 3.81. The molecule has 0 aliphatic carbocycles. The van der Waals surface area contributed by atoms with Crippen molar-refractivity contribution >= 4 is 17.5 Å². The molecule has 6 nitrogen and oxygen atoms in total. The van der Waals surface area contributed by atoms with E-state index in [1.807, 2.05) is 12.1 Å². The molecule has 2 N–H and O–H groups in total. The van der Waals surface area contributed by atoms with Gasteiger partial charge in [0.15, 0.2) is 0 Å². The highest BCUT2D eigenvalue weighted by Gasteiger charge is 2.07. The van der Waals surface area contributed by atoms with Gasteiger partial charge in [-0.2, -0.15) is 0 Å². The monoisotopic (exact) mass is 328 g/mol. The van der Waals surface area contributed by atoms with Crippen LogP contribution in [0, 0.1) is 0 Å². The Bertz CT molecular complexity index is 639. The Labute approximate surface area is 142 Å². The molecule has 0 saturated carbocycles. The summed E-state index contributed by atoms with van der Waals surface area (Å²) >= 11 is 0. The average Bonchev–Trinajstić information content (AvgIpc) is 2.59. The quantitative estimate of drug-likeness (QED) is 0.728. The third kappa shape index (κ3) is 5.31. The number of carbonyl (C=O) groups is 1. The number of nitrogens with one attached hydrogen (secondary N) is 2. The lowest BCUT2D eigenvalue weighted by molar-refractivity contribution is 0.0948. The van der Waals surface area contributed by atoms with Crippen molar-refractivity contribution in [1.29, 1.82) is 0 Å². The van der Waals surface area contributed by atoms with Crippen LogP contribution in [-0.4, -0.2) is 36.1 Å². The summed E-state index contributed by atoms with van der Waals surface area (Å²) in [5.74, 6) is 0.777. The zero-order valence-corrected chi connectivity index (χ0v) is 14.4. The first kappa shape index (κ1) is 17.9. The van der Waals surface area contributed by atoms with E-state index in [0.717, 1.165) is 12.1 Å². The zero-order valence-electron chi connectivity index (χ0n) is 14.4. The molecule has 2 aromatic rings. The lowest BCUT2D eigenvalue weighted by Gasteiger charge is -2.09. The van der Waals surface area contributed by atoms with E-state index in [1.54, 1.807) is 7.11 Å². The second-order valence-electron chi connectivity index (χ2n) is 5.80. The van der Waals surface area contributed by atoms with Gasteiger partial charge in [-0.05, 0) is 30.0 Å². The molecule has 0 radical (unpaired) electrons. The van der Waals surface area contributed by atoms with Crippen molar-refractivity contribution in [1.82, 2.24) is 15.3 Å². The summed E-state index contributed by atoms with van der Waals surface area (Å²) in [5, 5.41) is 5.93. The lowest BCUT2D eigenvalue weighted by Crippen LogP contribution is -2.25. The molecule has 0 fully saturated rings. The topological polar surface area (TPSA) is 76.1 Å². The van der Waals surface area contributed by atoms with Gasteiger partial charge in [0.05, 0.1) is 5.56 Å². The molecular formula is C18H24N4O2. The van der Waals surface area contributed by atoms with Gasteiger partial charge in [-0.25, -0.2) is 9.97 Å². The van der Waals surface area contributed by atoms with Gasteiger partial charge in [0.1, 0.15) is 0 Å². The summed E-state index contributed by atoms with van der Waals surface area (Å²) in [5.41, 5.74) is 2.63. The van der Waals surface area contributed by atoms with Crippen LogP contribution in [0.5, 0.6) is 0 Å². The van der Waals surface area contributed by atoms with Crippen molar-refractivity contribution in [3.05, 3.63) is 47.8 Å². The van der Waals surface area contributed by atoms with Crippen molar-refractivity contribution in [2.75, 3.05) is 25.6 Å². The van der Waals surface area contributed by atoms with Crippen LogP contribution in [0.15, 0.2) is 36.7 Å². The van der Waals surface area contributed by atoms with Crippen LogP contribution >= 0.6 is 0 Å².